The zero-order valence-corrected chi connectivity index (χ0v) is 19.5. The highest BCUT2D eigenvalue weighted by molar-refractivity contribution is 5.81. The number of ether oxygens (including phenoxy) is 1. The summed E-state index contributed by atoms with van der Waals surface area (Å²) in [5.41, 5.74) is 2.62. The smallest absolute Gasteiger partial charge is 0.261 e. The third-order valence-electron chi connectivity index (χ3n) is 6.52. The van der Waals surface area contributed by atoms with Crippen LogP contribution in [0.1, 0.15) is 18.4 Å². The third kappa shape index (κ3) is 4.59. The van der Waals surface area contributed by atoms with E-state index in [0.717, 1.165) is 37.1 Å². The second kappa shape index (κ2) is 9.39. The van der Waals surface area contributed by atoms with Crippen LogP contribution in [0.4, 0.5) is 4.39 Å². The topological polar surface area (TPSA) is 47.4 Å². The number of aryl methyl sites for hydroxylation is 1. The molecular formula is C28H28FN3O2. The van der Waals surface area contributed by atoms with Crippen molar-refractivity contribution in [1.29, 1.82) is 0 Å². The van der Waals surface area contributed by atoms with Gasteiger partial charge < -0.3 is 9.64 Å². The zero-order valence-electron chi connectivity index (χ0n) is 19.5. The number of hydrogen-bond donors (Lipinski definition) is 0. The Bertz CT molecular complexity index is 1380. The standard InChI is InChI=1S/C28H28FN3O2/c1-19-6-3-4-8-24(19)27-30-26-14-13-23(34-22-11-9-21(29)10-12-22)16-25(26)28(33)32(27)18-20-7-5-15-31(2)17-20/h3-4,6,8-14,16,20H,5,7,15,17-18H2,1-2H3/t20-/m0/s1/i2-1. The molecule has 0 radical (unpaired) electrons. The molecule has 1 aliphatic rings. The molecule has 0 amide bonds. The van der Waals surface area contributed by atoms with Gasteiger partial charge in [0.1, 0.15) is 23.1 Å². The van der Waals surface area contributed by atoms with Crippen molar-refractivity contribution in [1.82, 2.24) is 14.5 Å². The summed E-state index contributed by atoms with van der Waals surface area (Å²) in [6.07, 6.45) is 2.22. The molecule has 0 N–H and O–H groups in total. The summed E-state index contributed by atoms with van der Waals surface area (Å²) in [5, 5.41) is 0.515. The van der Waals surface area contributed by atoms with Crippen molar-refractivity contribution in [2.75, 3.05) is 20.1 Å². The predicted molar refractivity (Wildman–Crippen MR) is 133 cm³/mol. The van der Waals surface area contributed by atoms with E-state index in [0.29, 0.717) is 40.7 Å². The minimum atomic E-state index is -0.324. The van der Waals surface area contributed by atoms with Gasteiger partial charge in [0.15, 0.2) is 0 Å². The summed E-state index contributed by atoms with van der Waals surface area (Å²) in [5.74, 6) is 1.80. The van der Waals surface area contributed by atoms with Gasteiger partial charge in [-0.2, -0.15) is 0 Å². The molecular weight excluding hydrogens is 428 g/mol. The molecule has 3 aromatic carbocycles. The van der Waals surface area contributed by atoms with E-state index >= 15 is 0 Å². The number of nitrogens with zero attached hydrogens (tertiary/aromatic N) is 3. The SMILES string of the molecule is Cc1ccccc1-c1nc2ccc(Oc3ccc(F)cc3)cc2c(=O)n1C[C@H]1CCCN([11CH3])C1. The van der Waals surface area contributed by atoms with Crippen molar-refractivity contribution < 1.29 is 9.13 Å². The molecule has 1 aromatic heterocycles. The first-order valence-electron chi connectivity index (χ1n) is 11.7. The molecule has 1 atom stereocenters. The lowest BCUT2D eigenvalue weighted by atomic mass is 9.96. The number of rotatable bonds is 5. The molecule has 0 saturated carbocycles. The molecule has 174 valence electrons. The fourth-order valence-corrected chi connectivity index (χ4v) is 4.78. The number of fused-ring (bicyclic) bond motifs is 1. The van der Waals surface area contributed by atoms with E-state index in [4.69, 9.17) is 9.72 Å². The van der Waals surface area contributed by atoms with Crippen LogP contribution >= 0.6 is 0 Å². The lowest BCUT2D eigenvalue weighted by Gasteiger charge is -2.30. The molecule has 1 fully saturated rings. The maximum atomic E-state index is 13.8. The number of likely N-dealkylation sites (tertiary alicyclic amines) is 1. The van der Waals surface area contributed by atoms with E-state index in [1.165, 1.54) is 12.1 Å². The molecule has 1 aliphatic heterocycles. The second-order valence-electron chi connectivity index (χ2n) is 9.17. The minimum absolute atomic E-state index is 0.0685. The quantitative estimate of drug-likeness (QED) is 0.390. The molecule has 34 heavy (non-hydrogen) atoms. The zero-order chi connectivity index (χ0) is 23.7. The van der Waals surface area contributed by atoms with Crippen LogP contribution in [-0.4, -0.2) is 34.6 Å². The summed E-state index contributed by atoms with van der Waals surface area (Å²) in [6.45, 7) is 4.73. The lowest BCUT2D eigenvalue weighted by Crippen LogP contribution is -2.36. The van der Waals surface area contributed by atoms with Crippen molar-refractivity contribution in [2.24, 2.45) is 5.92 Å². The highest BCUT2D eigenvalue weighted by Crippen LogP contribution is 2.28. The summed E-state index contributed by atoms with van der Waals surface area (Å²) < 4.78 is 21.0. The summed E-state index contributed by atoms with van der Waals surface area (Å²) in [6, 6.07) is 19.2. The van der Waals surface area contributed by atoms with Crippen molar-refractivity contribution in [3.8, 4) is 22.9 Å². The first-order chi connectivity index (χ1) is 16.5. The number of halogens is 1. The van der Waals surface area contributed by atoms with Crippen LogP contribution in [0, 0.1) is 18.7 Å². The van der Waals surface area contributed by atoms with Crippen LogP contribution in [0.2, 0.25) is 0 Å². The average molecular weight is 457 g/mol. The van der Waals surface area contributed by atoms with Gasteiger partial charge in [0.2, 0.25) is 0 Å². The fraction of sp³-hybridized carbons (Fsp3) is 0.286. The highest BCUT2D eigenvalue weighted by Gasteiger charge is 2.22. The lowest BCUT2D eigenvalue weighted by molar-refractivity contribution is 0.194. The van der Waals surface area contributed by atoms with Gasteiger partial charge in [-0.1, -0.05) is 24.3 Å². The average Bonchev–Trinajstić information content (AvgIpc) is 2.83. The second-order valence-corrected chi connectivity index (χ2v) is 9.17. The van der Waals surface area contributed by atoms with Gasteiger partial charge in [-0.25, -0.2) is 9.37 Å². The van der Waals surface area contributed by atoms with E-state index in [-0.39, 0.29) is 11.4 Å². The van der Waals surface area contributed by atoms with Crippen LogP contribution in [0.5, 0.6) is 11.5 Å². The minimum Gasteiger partial charge on any atom is -0.457 e. The Morgan fingerprint density at radius 1 is 1.06 bits per heavy atom. The summed E-state index contributed by atoms with van der Waals surface area (Å²) in [7, 11) is 2.13. The van der Waals surface area contributed by atoms with Crippen LogP contribution < -0.4 is 10.3 Å². The number of hydrogen-bond acceptors (Lipinski definition) is 4. The highest BCUT2D eigenvalue weighted by atomic mass is 19.1. The van der Waals surface area contributed by atoms with Crippen molar-refractivity contribution in [2.45, 2.75) is 26.3 Å². The number of aromatic nitrogens is 2. The largest absolute Gasteiger partial charge is 0.457 e. The molecule has 1 saturated heterocycles. The van der Waals surface area contributed by atoms with E-state index in [2.05, 4.69) is 11.9 Å². The molecule has 0 unspecified atom stereocenters. The predicted octanol–water partition coefficient (Wildman–Crippen LogP) is 5.65. The van der Waals surface area contributed by atoms with Gasteiger partial charge in [0.05, 0.1) is 10.9 Å². The molecule has 4 aromatic rings. The van der Waals surface area contributed by atoms with Gasteiger partial charge in [-0.3, -0.25) is 9.36 Å². The monoisotopic (exact) mass is 456 g/mol. The Morgan fingerprint density at radius 2 is 1.82 bits per heavy atom. The van der Waals surface area contributed by atoms with Gasteiger partial charge in [0, 0.05) is 18.7 Å². The Kier molecular flexibility index (Phi) is 6.16. The van der Waals surface area contributed by atoms with Crippen LogP contribution in [0.3, 0.4) is 0 Å². The molecule has 6 heteroatoms. The van der Waals surface area contributed by atoms with E-state index in [1.807, 2.05) is 41.8 Å². The van der Waals surface area contributed by atoms with E-state index in [1.54, 1.807) is 24.3 Å². The number of piperidine rings is 1. The maximum absolute atomic E-state index is 13.8. The summed E-state index contributed by atoms with van der Waals surface area (Å²) in [4.78, 5) is 21.1. The van der Waals surface area contributed by atoms with Crippen molar-refractivity contribution in [3.63, 3.8) is 0 Å². The first-order valence-corrected chi connectivity index (χ1v) is 11.7. The normalized spacial score (nSPS) is 16.6. The van der Waals surface area contributed by atoms with Crippen LogP contribution in [0.15, 0.2) is 71.5 Å². The van der Waals surface area contributed by atoms with Gasteiger partial charge in [0.25, 0.3) is 5.56 Å². The molecule has 0 spiro atoms. The van der Waals surface area contributed by atoms with Gasteiger partial charge in [-0.05, 0) is 87.3 Å². The maximum Gasteiger partial charge on any atom is 0.261 e. The first kappa shape index (κ1) is 22.3. The Morgan fingerprint density at radius 3 is 2.59 bits per heavy atom. The third-order valence-corrected chi connectivity index (χ3v) is 6.52. The fourth-order valence-electron chi connectivity index (χ4n) is 4.78. The van der Waals surface area contributed by atoms with Crippen LogP contribution in [0.25, 0.3) is 22.3 Å². The molecule has 0 bridgehead atoms. The Balaban J connectivity index is 1.60. The Hall–Kier alpha value is -3.51. The van der Waals surface area contributed by atoms with Gasteiger partial charge in [-0.15, -0.1) is 0 Å². The number of benzene rings is 3. The van der Waals surface area contributed by atoms with Crippen molar-refractivity contribution >= 4 is 10.9 Å². The Labute approximate surface area is 198 Å². The van der Waals surface area contributed by atoms with Crippen molar-refractivity contribution in [3.05, 3.63) is 88.5 Å². The van der Waals surface area contributed by atoms with E-state index < -0.39 is 0 Å². The van der Waals surface area contributed by atoms with Crippen LogP contribution in [-0.2, 0) is 6.54 Å². The van der Waals surface area contributed by atoms with Gasteiger partial charge >= 0.3 is 0 Å². The molecule has 5 nitrogen and oxygen atoms in total. The van der Waals surface area contributed by atoms with E-state index in [9.17, 15) is 9.18 Å². The molecule has 5 rings (SSSR count). The molecule has 0 aliphatic carbocycles. The summed E-state index contributed by atoms with van der Waals surface area (Å²) >= 11 is 0. The molecule has 2 heterocycles.